The van der Waals surface area contributed by atoms with E-state index in [4.69, 9.17) is 0 Å². The van der Waals surface area contributed by atoms with Crippen LogP contribution < -0.4 is 0 Å². The summed E-state index contributed by atoms with van der Waals surface area (Å²) in [4.78, 5) is 21.7. The molecule has 0 aromatic heterocycles. The fourth-order valence-corrected chi connectivity index (χ4v) is 1.06. The molecule has 0 aliphatic rings. The van der Waals surface area contributed by atoms with Crippen LogP contribution in [-0.2, 0) is 9.59 Å². The lowest BCUT2D eigenvalue weighted by Crippen LogP contribution is -2.20. The summed E-state index contributed by atoms with van der Waals surface area (Å²) in [5.74, 6) is -0.575. The standard InChI is InChI=1S/C7H13O2P/c1-5(2)7(9)6(8)4-10-3/h5,10H,4H2,1-3H3. The predicted octanol–water partition coefficient (Wildman–Crippen LogP) is 1.09. The van der Waals surface area contributed by atoms with Gasteiger partial charge in [0.2, 0.25) is 11.6 Å². The van der Waals surface area contributed by atoms with Crippen LogP contribution in [0.1, 0.15) is 13.8 Å². The maximum Gasteiger partial charge on any atom is 0.202 e. The fourth-order valence-electron chi connectivity index (χ4n) is 0.570. The SMILES string of the molecule is CPCC(=O)C(=O)C(C)C. The van der Waals surface area contributed by atoms with Gasteiger partial charge in [-0.1, -0.05) is 13.8 Å². The van der Waals surface area contributed by atoms with Crippen molar-refractivity contribution < 1.29 is 9.59 Å². The van der Waals surface area contributed by atoms with Crippen LogP contribution in [0.4, 0.5) is 0 Å². The number of hydrogen-bond donors (Lipinski definition) is 0. The molecule has 0 N–H and O–H groups in total. The van der Waals surface area contributed by atoms with E-state index in [1.54, 1.807) is 13.8 Å². The first kappa shape index (κ1) is 9.77. The third kappa shape index (κ3) is 3.07. The molecule has 0 radical (unpaired) electrons. The van der Waals surface area contributed by atoms with E-state index in [0.717, 1.165) is 0 Å². The van der Waals surface area contributed by atoms with Crippen LogP contribution in [0.5, 0.6) is 0 Å². The molecule has 58 valence electrons. The van der Waals surface area contributed by atoms with Gasteiger partial charge in [0.15, 0.2) is 0 Å². The average molecular weight is 160 g/mol. The number of hydrogen-bond acceptors (Lipinski definition) is 2. The number of Topliss-reactive ketones (excluding diaryl/α,β-unsaturated/α-hetero) is 2. The molecule has 1 unspecified atom stereocenters. The van der Waals surface area contributed by atoms with Gasteiger partial charge in [0, 0.05) is 12.1 Å². The van der Waals surface area contributed by atoms with E-state index in [-0.39, 0.29) is 17.5 Å². The number of carbonyl (C=O) groups excluding carboxylic acids is 2. The summed E-state index contributed by atoms with van der Waals surface area (Å²) in [6, 6.07) is 0. The molecular weight excluding hydrogens is 147 g/mol. The van der Waals surface area contributed by atoms with Gasteiger partial charge in [-0.15, -0.1) is 8.58 Å². The predicted molar refractivity (Wildman–Crippen MR) is 44.0 cm³/mol. The van der Waals surface area contributed by atoms with E-state index in [1.165, 1.54) is 0 Å². The molecule has 2 nitrogen and oxygen atoms in total. The van der Waals surface area contributed by atoms with Crippen molar-refractivity contribution in [2.45, 2.75) is 13.8 Å². The van der Waals surface area contributed by atoms with Crippen molar-refractivity contribution in [1.82, 2.24) is 0 Å². The van der Waals surface area contributed by atoms with Crippen molar-refractivity contribution in [3.05, 3.63) is 0 Å². The zero-order chi connectivity index (χ0) is 8.15. The lowest BCUT2D eigenvalue weighted by Gasteiger charge is -1.99. The van der Waals surface area contributed by atoms with Crippen LogP contribution in [0.25, 0.3) is 0 Å². The highest BCUT2D eigenvalue weighted by molar-refractivity contribution is 7.38. The van der Waals surface area contributed by atoms with E-state index in [9.17, 15) is 9.59 Å². The Kier molecular flexibility index (Phi) is 4.46. The minimum atomic E-state index is -0.227. The first-order valence-electron chi connectivity index (χ1n) is 3.31. The molecule has 1 atom stereocenters. The van der Waals surface area contributed by atoms with E-state index < -0.39 is 0 Å². The molecular formula is C7H13O2P. The number of rotatable bonds is 4. The summed E-state index contributed by atoms with van der Waals surface area (Å²) in [5.41, 5.74) is 0. The summed E-state index contributed by atoms with van der Waals surface area (Å²) >= 11 is 0. The monoisotopic (exact) mass is 160 g/mol. The zero-order valence-corrected chi connectivity index (χ0v) is 7.60. The van der Waals surface area contributed by atoms with Crippen molar-refractivity contribution in [2.75, 3.05) is 12.8 Å². The highest BCUT2D eigenvalue weighted by Crippen LogP contribution is 2.04. The lowest BCUT2D eigenvalue weighted by atomic mass is 10.1. The second kappa shape index (κ2) is 4.56. The minimum Gasteiger partial charge on any atom is -0.291 e. The first-order valence-corrected chi connectivity index (χ1v) is 5.02. The number of carbonyl (C=O) groups is 2. The zero-order valence-electron chi connectivity index (χ0n) is 6.60. The van der Waals surface area contributed by atoms with Gasteiger partial charge in [-0.05, 0) is 6.66 Å². The van der Waals surface area contributed by atoms with Gasteiger partial charge in [0.1, 0.15) is 0 Å². The molecule has 0 bridgehead atoms. The molecule has 10 heavy (non-hydrogen) atoms. The second-order valence-corrected chi connectivity index (χ2v) is 3.53. The Hall–Kier alpha value is -0.230. The molecule has 0 aromatic rings. The van der Waals surface area contributed by atoms with Crippen LogP contribution in [0.3, 0.4) is 0 Å². The summed E-state index contributed by atoms with van der Waals surface area (Å²) in [6.45, 7) is 5.42. The van der Waals surface area contributed by atoms with Crippen molar-refractivity contribution in [2.24, 2.45) is 5.92 Å². The minimum absolute atomic E-state index is 0.135. The molecule has 0 aliphatic carbocycles. The van der Waals surface area contributed by atoms with E-state index in [0.29, 0.717) is 14.7 Å². The Balaban J connectivity index is 3.83. The average Bonchev–Trinajstić information content (AvgIpc) is 1.87. The van der Waals surface area contributed by atoms with Crippen LogP contribution >= 0.6 is 8.58 Å². The fraction of sp³-hybridized carbons (Fsp3) is 0.714. The van der Waals surface area contributed by atoms with Gasteiger partial charge in [-0.25, -0.2) is 0 Å². The van der Waals surface area contributed by atoms with Gasteiger partial charge in [-0.2, -0.15) is 0 Å². The summed E-state index contributed by atoms with van der Waals surface area (Å²) in [7, 11) is 0.553. The topological polar surface area (TPSA) is 34.1 Å². The molecule has 0 aromatic carbocycles. The van der Waals surface area contributed by atoms with Gasteiger partial charge in [-0.3, -0.25) is 9.59 Å². The highest BCUT2D eigenvalue weighted by Gasteiger charge is 2.15. The second-order valence-electron chi connectivity index (χ2n) is 2.47. The van der Waals surface area contributed by atoms with Crippen molar-refractivity contribution >= 4 is 20.1 Å². The largest absolute Gasteiger partial charge is 0.291 e. The molecule has 3 heteroatoms. The Morgan fingerprint density at radius 2 is 1.90 bits per heavy atom. The quantitative estimate of drug-likeness (QED) is 0.455. The van der Waals surface area contributed by atoms with Gasteiger partial charge in [0.25, 0.3) is 0 Å². The molecule has 0 saturated heterocycles. The Morgan fingerprint density at radius 1 is 1.40 bits per heavy atom. The maximum atomic E-state index is 10.9. The third-order valence-electron chi connectivity index (χ3n) is 1.14. The molecule has 0 aliphatic heterocycles. The molecule has 0 rings (SSSR count). The number of ketones is 2. The third-order valence-corrected chi connectivity index (χ3v) is 1.81. The molecule has 0 amide bonds. The maximum absolute atomic E-state index is 10.9. The van der Waals surface area contributed by atoms with E-state index >= 15 is 0 Å². The van der Waals surface area contributed by atoms with E-state index in [2.05, 4.69) is 0 Å². The molecule has 0 saturated carbocycles. The Bertz CT molecular complexity index is 141. The Labute approximate surface area is 63.2 Å². The Morgan fingerprint density at radius 3 is 2.20 bits per heavy atom. The van der Waals surface area contributed by atoms with E-state index in [1.807, 2.05) is 6.66 Å². The molecule has 0 heterocycles. The first-order chi connectivity index (χ1) is 4.59. The van der Waals surface area contributed by atoms with Gasteiger partial charge in [0.05, 0.1) is 0 Å². The molecule has 0 spiro atoms. The van der Waals surface area contributed by atoms with Gasteiger partial charge >= 0.3 is 0 Å². The van der Waals surface area contributed by atoms with Crippen molar-refractivity contribution in [3.8, 4) is 0 Å². The normalized spacial score (nSPS) is 11.2. The highest BCUT2D eigenvalue weighted by atomic mass is 31.1. The van der Waals surface area contributed by atoms with Gasteiger partial charge < -0.3 is 0 Å². The lowest BCUT2D eigenvalue weighted by molar-refractivity contribution is -0.136. The smallest absolute Gasteiger partial charge is 0.202 e. The van der Waals surface area contributed by atoms with Crippen LogP contribution in [-0.4, -0.2) is 24.4 Å². The van der Waals surface area contributed by atoms with Crippen molar-refractivity contribution in [1.29, 1.82) is 0 Å². The van der Waals surface area contributed by atoms with Crippen LogP contribution in [0.15, 0.2) is 0 Å². The van der Waals surface area contributed by atoms with Crippen LogP contribution in [0, 0.1) is 5.92 Å². The summed E-state index contributed by atoms with van der Waals surface area (Å²) in [5, 5.41) is 0. The summed E-state index contributed by atoms with van der Waals surface area (Å²) < 4.78 is 0. The summed E-state index contributed by atoms with van der Waals surface area (Å²) in [6.07, 6.45) is 0.428. The van der Waals surface area contributed by atoms with Crippen LogP contribution in [0.2, 0.25) is 0 Å². The molecule has 0 fully saturated rings. The van der Waals surface area contributed by atoms with Crippen molar-refractivity contribution in [3.63, 3.8) is 0 Å².